The minimum absolute atomic E-state index is 0.124. The van der Waals surface area contributed by atoms with Crippen LogP contribution in [0, 0.1) is 5.41 Å². The molecule has 15 heavy (non-hydrogen) atoms. The number of aromatic nitrogens is 1. The van der Waals surface area contributed by atoms with E-state index in [0.29, 0.717) is 17.8 Å². The summed E-state index contributed by atoms with van der Waals surface area (Å²) in [5, 5.41) is 0.353. The molecular weight excluding hydrogens is 258 g/mol. The van der Waals surface area contributed by atoms with Crippen LogP contribution in [0.1, 0.15) is 13.8 Å². The van der Waals surface area contributed by atoms with Gasteiger partial charge in [-0.05, 0) is 19.9 Å². The lowest BCUT2D eigenvalue weighted by Crippen LogP contribution is -2.32. The van der Waals surface area contributed by atoms with Crippen molar-refractivity contribution in [2.45, 2.75) is 13.8 Å². The van der Waals surface area contributed by atoms with Gasteiger partial charge in [0.1, 0.15) is 6.61 Å². The highest BCUT2D eigenvalue weighted by molar-refractivity contribution is 9.09. The second kappa shape index (κ2) is 5.26. The molecule has 0 aliphatic rings. The number of hydrogen-bond acceptors (Lipinski definition) is 3. The molecule has 0 saturated heterocycles. The lowest BCUT2D eigenvalue weighted by molar-refractivity contribution is -0.125. The molecule has 0 radical (unpaired) electrons. The summed E-state index contributed by atoms with van der Waals surface area (Å²) < 4.78 is 5.44. The molecular formula is C11H14BrNO2. The van der Waals surface area contributed by atoms with Crippen LogP contribution in [0.2, 0.25) is 0 Å². The van der Waals surface area contributed by atoms with E-state index in [1.54, 1.807) is 12.3 Å². The summed E-state index contributed by atoms with van der Waals surface area (Å²) in [5.41, 5.74) is -0.485. The molecule has 4 heteroatoms. The summed E-state index contributed by atoms with van der Waals surface area (Å²) in [6.07, 6.45) is 1.66. The van der Waals surface area contributed by atoms with Crippen LogP contribution in [0.15, 0.2) is 24.4 Å². The molecule has 0 N–H and O–H groups in total. The molecule has 0 aromatic carbocycles. The molecule has 1 aromatic rings. The number of Topliss-reactive ketones (excluding diaryl/α,β-unsaturated/α-hetero) is 1. The fourth-order valence-corrected chi connectivity index (χ4v) is 1.71. The Labute approximate surface area is 98.0 Å². The first-order chi connectivity index (χ1) is 7.06. The first kappa shape index (κ1) is 12.2. The largest absolute Gasteiger partial charge is 0.477 e. The Kier molecular flexibility index (Phi) is 4.27. The molecule has 0 unspecified atom stereocenters. The maximum atomic E-state index is 11.5. The summed E-state index contributed by atoms with van der Waals surface area (Å²) in [6.45, 7) is 4.06. The van der Waals surface area contributed by atoms with E-state index in [9.17, 15) is 4.79 Å². The van der Waals surface area contributed by atoms with Gasteiger partial charge in [0.25, 0.3) is 0 Å². The Morgan fingerprint density at radius 1 is 1.53 bits per heavy atom. The molecule has 0 amide bonds. The Bertz CT molecular complexity index is 325. The lowest BCUT2D eigenvalue weighted by atomic mass is 9.90. The molecule has 1 heterocycles. The van der Waals surface area contributed by atoms with E-state index < -0.39 is 5.41 Å². The SMILES string of the molecule is CC(C)(COc1ccccn1)C(=O)CBr. The molecule has 0 saturated carbocycles. The smallest absolute Gasteiger partial charge is 0.213 e. The van der Waals surface area contributed by atoms with Crippen molar-refractivity contribution < 1.29 is 9.53 Å². The Morgan fingerprint density at radius 3 is 2.80 bits per heavy atom. The molecule has 1 rings (SSSR count). The third kappa shape index (κ3) is 3.63. The van der Waals surface area contributed by atoms with Gasteiger partial charge >= 0.3 is 0 Å². The number of alkyl halides is 1. The van der Waals surface area contributed by atoms with Crippen molar-refractivity contribution in [1.29, 1.82) is 0 Å². The second-order valence-electron chi connectivity index (χ2n) is 3.90. The Morgan fingerprint density at radius 2 is 2.27 bits per heavy atom. The van der Waals surface area contributed by atoms with Crippen LogP contribution in [0.5, 0.6) is 5.88 Å². The fraction of sp³-hybridized carbons (Fsp3) is 0.455. The topological polar surface area (TPSA) is 39.2 Å². The normalized spacial score (nSPS) is 11.1. The third-order valence-corrected chi connectivity index (χ3v) is 2.60. The van der Waals surface area contributed by atoms with Crippen LogP contribution in [0.4, 0.5) is 0 Å². The number of rotatable bonds is 5. The van der Waals surface area contributed by atoms with Gasteiger partial charge in [-0.15, -0.1) is 0 Å². The molecule has 0 spiro atoms. The molecule has 0 aliphatic carbocycles. The molecule has 0 fully saturated rings. The minimum atomic E-state index is -0.485. The predicted molar refractivity (Wildman–Crippen MR) is 62.3 cm³/mol. The molecule has 0 aliphatic heterocycles. The molecule has 3 nitrogen and oxygen atoms in total. The van der Waals surface area contributed by atoms with Crippen LogP contribution in [-0.2, 0) is 4.79 Å². The van der Waals surface area contributed by atoms with Gasteiger partial charge in [0.05, 0.1) is 10.7 Å². The standard InChI is InChI=1S/C11H14BrNO2/c1-11(2,9(14)7-12)8-15-10-5-3-4-6-13-10/h3-6H,7-8H2,1-2H3. The number of carbonyl (C=O) groups is 1. The van der Waals surface area contributed by atoms with Gasteiger partial charge in [0, 0.05) is 12.3 Å². The third-order valence-electron chi connectivity index (χ3n) is 2.09. The molecule has 1 aromatic heterocycles. The van der Waals surface area contributed by atoms with E-state index in [1.165, 1.54) is 0 Å². The van der Waals surface area contributed by atoms with Gasteiger partial charge in [0.15, 0.2) is 5.78 Å². The van der Waals surface area contributed by atoms with Gasteiger partial charge in [-0.2, -0.15) is 0 Å². The monoisotopic (exact) mass is 271 g/mol. The van der Waals surface area contributed by atoms with Crippen LogP contribution in [-0.4, -0.2) is 22.7 Å². The molecule has 0 bridgehead atoms. The van der Waals surface area contributed by atoms with Crippen LogP contribution >= 0.6 is 15.9 Å². The van der Waals surface area contributed by atoms with E-state index >= 15 is 0 Å². The maximum Gasteiger partial charge on any atom is 0.213 e. The number of halogens is 1. The van der Waals surface area contributed by atoms with Crippen molar-refractivity contribution in [2.75, 3.05) is 11.9 Å². The van der Waals surface area contributed by atoms with Crippen molar-refractivity contribution in [3.63, 3.8) is 0 Å². The molecule has 0 atom stereocenters. The van der Waals surface area contributed by atoms with Crippen molar-refractivity contribution in [3.05, 3.63) is 24.4 Å². The van der Waals surface area contributed by atoms with Gasteiger partial charge in [-0.1, -0.05) is 22.0 Å². The average molecular weight is 272 g/mol. The van der Waals surface area contributed by atoms with E-state index in [-0.39, 0.29) is 5.78 Å². The lowest BCUT2D eigenvalue weighted by Gasteiger charge is -2.21. The molecule has 82 valence electrons. The predicted octanol–water partition coefficient (Wildman–Crippen LogP) is 2.45. The van der Waals surface area contributed by atoms with Crippen LogP contribution in [0.3, 0.4) is 0 Å². The summed E-state index contributed by atoms with van der Waals surface area (Å²) in [4.78, 5) is 15.5. The van der Waals surface area contributed by atoms with Crippen LogP contribution in [0.25, 0.3) is 0 Å². The number of ketones is 1. The van der Waals surface area contributed by atoms with Crippen molar-refractivity contribution >= 4 is 21.7 Å². The highest BCUT2D eigenvalue weighted by Crippen LogP contribution is 2.19. The number of pyridine rings is 1. The number of hydrogen-bond donors (Lipinski definition) is 0. The maximum absolute atomic E-state index is 11.5. The number of nitrogens with zero attached hydrogens (tertiary/aromatic N) is 1. The number of carbonyl (C=O) groups excluding carboxylic acids is 1. The van der Waals surface area contributed by atoms with Crippen molar-refractivity contribution in [3.8, 4) is 5.88 Å². The second-order valence-corrected chi connectivity index (χ2v) is 4.46. The van der Waals surface area contributed by atoms with Crippen molar-refractivity contribution in [2.24, 2.45) is 5.41 Å². The van der Waals surface area contributed by atoms with Crippen molar-refractivity contribution in [1.82, 2.24) is 4.98 Å². The summed E-state index contributed by atoms with van der Waals surface area (Å²) >= 11 is 3.16. The first-order valence-electron chi connectivity index (χ1n) is 4.69. The zero-order valence-corrected chi connectivity index (χ0v) is 10.5. The van der Waals surface area contributed by atoms with E-state index in [0.717, 1.165) is 0 Å². The van der Waals surface area contributed by atoms with Gasteiger partial charge in [0.2, 0.25) is 5.88 Å². The summed E-state index contributed by atoms with van der Waals surface area (Å²) in [7, 11) is 0. The zero-order chi connectivity index (χ0) is 11.3. The van der Waals surface area contributed by atoms with Crippen LogP contribution < -0.4 is 4.74 Å². The highest BCUT2D eigenvalue weighted by Gasteiger charge is 2.27. The van der Waals surface area contributed by atoms with Gasteiger partial charge in [-0.3, -0.25) is 4.79 Å². The average Bonchev–Trinajstić information content (AvgIpc) is 2.27. The zero-order valence-electron chi connectivity index (χ0n) is 8.87. The Balaban J connectivity index is 2.53. The van der Waals surface area contributed by atoms with E-state index in [2.05, 4.69) is 20.9 Å². The van der Waals surface area contributed by atoms with E-state index in [1.807, 2.05) is 26.0 Å². The first-order valence-corrected chi connectivity index (χ1v) is 5.81. The van der Waals surface area contributed by atoms with Gasteiger partial charge < -0.3 is 4.74 Å². The minimum Gasteiger partial charge on any atom is -0.477 e. The quantitative estimate of drug-likeness (QED) is 0.773. The number of ether oxygens (including phenoxy) is 1. The highest BCUT2D eigenvalue weighted by atomic mass is 79.9. The van der Waals surface area contributed by atoms with Gasteiger partial charge in [-0.25, -0.2) is 4.98 Å². The summed E-state index contributed by atoms with van der Waals surface area (Å²) in [6, 6.07) is 5.44. The van der Waals surface area contributed by atoms with E-state index in [4.69, 9.17) is 4.74 Å². The Hall–Kier alpha value is -0.900. The fourth-order valence-electron chi connectivity index (χ4n) is 0.948. The summed E-state index contributed by atoms with van der Waals surface area (Å²) in [5.74, 6) is 0.673.